The standard InChI is InChI=1S/C20H18N4O4/c1-27-14-9-7-13(8-10-14)18(25)11-17(20(26)28-2)23-24-19-15-5-3-4-6-16(15)21-12-22-19/h3-10,12H,11H2,1-2H3,(H,21,22,24). The van der Waals surface area contributed by atoms with Gasteiger partial charge in [0.15, 0.2) is 17.3 Å². The Bertz CT molecular complexity index is 1030. The van der Waals surface area contributed by atoms with E-state index in [1.807, 2.05) is 24.3 Å². The number of esters is 1. The van der Waals surface area contributed by atoms with E-state index in [4.69, 9.17) is 9.47 Å². The molecule has 3 rings (SSSR count). The molecule has 1 aromatic heterocycles. The average Bonchev–Trinajstić information content (AvgIpc) is 2.75. The normalized spacial score (nSPS) is 11.1. The first-order valence-electron chi connectivity index (χ1n) is 8.40. The van der Waals surface area contributed by atoms with Crippen LogP contribution in [0.3, 0.4) is 0 Å². The van der Waals surface area contributed by atoms with Gasteiger partial charge in [-0.15, -0.1) is 0 Å². The van der Waals surface area contributed by atoms with Gasteiger partial charge < -0.3 is 9.47 Å². The van der Waals surface area contributed by atoms with Crippen molar-refractivity contribution in [1.29, 1.82) is 0 Å². The van der Waals surface area contributed by atoms with Crippen molar-refractivity contribution < 1.29 is 19.1 Å². The van der Waals surface area contributed by atoms with E-state index < -0.39 is 5.97 Å². The number of hydrogen-bond donors (Lipinski definition) is 1. The van der Waals surface area contributed by atoms with Crippen molar-refractivity contribution >= 4 is 34.2 Å². The highest BCUT2D eigenvalue weighted by atomic mass is 16.5. The second kappa shape index (κ2) is 8.72. The summed E-state index contributed by atoms with van der Waals surface area (Å²) in [7, 11) is 2.77. The van der Waals surface area contributed by atoms with Gasteiger partial charge in [0.2, 0.25) is 0 Å². The predicted octanol–water partition coefficient (Wildman–Crippen LogP) is 2.85. The Morgan fingerprint density at radius 2 is 1.79 bits per heavy atom. The van der Waals surface area contributed by atoms with Gasteiger partial charge in [0.05, 0.1) is 26.2 Å². The summed E-state index contributed by atoms with van der Waals surface area (Å²) in [6, 6.07) is 14.0. The lowest BCUT2D eigenvalue weighted by Crippen LogP contribution is -2.21. The fraction of sp³-hybridized carbons (Fsp3) is 0.150. The van der Waals surface area contributed by atoms with E-state index in [1.54, 1.807) is 31.4 Å². The van der Waals surface area contributed by atoms with Crippen molar-refractivity contribution in [3.05, 3.63) is 60.4 Å². The zero-order valence-electron chi connectivity index (χ0n) is 15.4. The summed E-state index contributed by atoms with van der Waals surface area (Å²) in [5, 5.41) is 4.81. The molecule has 0 radical (unpaired) electrons. The minimum absolute atomic E-state index is 0.0639. The van der Waals surface area contributed by atoms with E-state index in [-0.39, 0.29) is 17.9 Å². The minimum Gasteiger partial charge on any atom is -0.497 e. The van der Waals surface area contributed by atoms with Crippen LogP contribution in [0.2, 0.25) is 0 Å². The number of ketones is 1. The summed E-state index contributed by atoms with van der Waals surface area (Å²) in [6.45, 7) is 0. The van der Waals surface area contributed by atoms with Crippen molar-refractivity contribution in [2.75, 3.05) is 19.6 Å². The smallest absolute Gasteiger partial charge is 0.354 e. The molecule has 0 unspecified atom stereocenters. The lowest BCUT2D eigenvalue weighted by Gasteiger charge is -2.07. The first kappa shape index (κ1) is 19.0. The van der Waals surface area contributed by atoms with Crippen molar-refractivity contribution in [3.63, 3.8) is 0 Å². The molecule has 8 heteroatoms. The maximum absolute atomic E-state index is 12.5. The number of para-hydroxylation sites is 1. The van der Waals surface area contributed by atoms with Crippen LogP contribution in [0.1, 0.15) is 16.8 Å². The maximum Gasteiger partial charge on any atom is 0.354 e. The summed E-state index contributed by atoms with van der Waals surface area (Å²) >= 11 is 0. The topological polar surface area (TPSA) is 103 Å². The molecule has 0 saturated heterocycles. The number of nitrogens with zero attached hydrogens (tertiary/aromatic N) is 3. The van der Waals surface area contributed by atoms with Gasteiger partial charge in [0.25, 0.3) is 0 Å². The van der Waals surface area contributed by atoms with E-state index in [2.05, 4.69) is 20.5 Å². The van der Waals surface area contributed by atoms with Crippen LogP contribution >= 0.6 is 0 Å². The Morgan fingerprint density at radius 1 is 1.04 bits per heavy atom. The van der Waals surface area contributed by atoms with Gasteiger partial charge in [-0.1, -0.05) is 12.1 Å². The van der Waals surface area contributed by atoms with Gasteiger partial charge in [-0.05, 0) is 36.4 Å². The van der Waals surface area contributed by atoms with Crippen LogP contribution in [-0.4, -0.2) is 41.7 Å². The van der Waals surface area contributed by atoms with Crippen LogP contribution in [0.25, 0.3) is 10.9 Å². The number of rotatable bonds is 7. The molecule has 0 aliphatic carbocycles. The number of aromatic nitrogens is 2. The Labute approximate surface area is 161 Å². The van der Waals surface area contributed by atoms with Crippen LogP contribution < -0.4 is 10.2 Å². The summed E-state index contributed by atoms with van der Waals surface area (Å²) in [4.78, 5) is 32.9. The van der Waals surface area contributed by atoms with Crippen LogP contribution in [-0.2, 0) is 9.53 Å². The lowest BCUT2D eigenvalue weighted by molar-refractivity contribution is -0.132. The molecule has 0 aliphatic heterocycles. The van der Waals surface area contributed by atoms with Crippen LogP contribution in [0.15, 0.2) is 60.0 Å². The molecule has 1 N–H and O–H groups in total. The number of hydrogen-bond acceptors (Lipinski definition) is 8. The van der Waals surface area contributed by atoms with Crippen molar-refractivity contribution in [1.82, 2.24) is 9.97 Å². The number of ether oxygens (including phenoxy) is 2. The van der Waals surface area contributed by atoms with Gasteiger partial charge in [-0.25, -0.2) is 14.8 Å². The van der Waals surface area contributed by atoms with Crippen LogP contribution in [0.5, 0.6) is 5.75 Å². The number of hydrazone groups is 1. The molecule has 0 saturated carbocycles. The molecule has 3 aromatic rings. The largest absolute Gasteiger partial charge is 0.497 e. The first-order chi connectivity index (χ1) is 13.6. The molecule has 142 valence electrons. The molecular weight excluding hydrogens is 360 g/mol. The quantitative estimate of drug-likeness (QED) is 0.292. The van der Waals surface area contributed by atoms with Crippen LogP contribution in [0.4, 0.5) is 5.82 Å². The van der Waals surface area contributed by atoms with Gasteiger partial charge in [0, 0.05) is 10.9 Å². The Hall–Kier alpha value is -3.81. The number of methoxy groups -OCH3 is 2. The number of nitrogens with one attached hydrogen (secondary N) is 1. The Balaban J connectivity index is 1.83. The SMILES string of the molecule is COC(=O)C(CC(=O)c1ccc(OC)cc1)=NNc1ncnc2ccccc12. The molecule has 0 spiro atoms. The van der Waals surface area contributed by atoms with Gasteiger partial charge >= 0.3 is 5.97 Å². The monoisotopic (exact) mass is 378 g/mol. The van der Waals surface area contributed by atoms with Gasteiger partial charge in [-0.2, -0.15) is 5.10 Å². The average molecular weight is 378 g/mol. The highest BCUT2D eigenvalue weighted by molar-refractivity contribution is 6.40. The molecular formula is C20H18N4O4. The third kappa shape index (κ3) is 4.29. The van der Waals surface area contributed by atoms with Crippen molar-refractivity contribution in [2.45, 2.75) is 6.42 Å². The number of fused-ring (bicyclic) bond motifs is 1. The van der Waals surface area contributed by atoms with E-state index in [0.717, 1.165) is 10.9 Å². The van der Waals surface area contributed by atoms with E-state index >= 15 is 0 Å². The number of carbonyl (C=O) groups is 2. The first-order valence-corrected chi connectivity index (χ1v) is 8.40. The van der Waals surface area contributed by atoms with Gasteiger partial charge in [0.1, 0.15) is 12.1 Å². The number of Topliss-reactive ketones (excluding diaryl/α,β-unsaturated/α-hetero) is 1. The van der Waals surface area contributed by atoms with E-state index in [0.29, 0.717) is 17.1 Å². The molecule has 2 aromatic carbocycles. The Kier molecular flexibility index (Phi) is 5.91. The fourth-order valence-corrected chi connectivity index (χ4v) is 2.52. The molecule has 8 nitrogen and oxygen atoms in total. The number of carbonyl (C=O) groups excluding carboxylic acids is 2. The molecule has 28 heavy (non-hydrogen) atoms. The molecule has 0 amide bonds. The van der Waals surface area contributed by atoms with Crippen LogP contribution in [0, 0.1) is 0 Å². The summed E-state index contributed by atoms with van der Waals surface area (Å²) < 4.78 is 9.82. The second-order valence-corrected chi connectivity index (χ2v) is 5.73. The molecule has 0 fully saturated rings. The molecule has 1 heterocycles. The summed E-state index contributed by atoms with van der Waals surface area (Å²) in [6.07, 6.45) is 1.16. The zero-order valence-corrected chi connectivity index (χ0v) is 15.4. The highest BCUT2D eigenvalue weighted by Crippen LogP contribution is 2.18. The maximum atomic E-state index is 12.5. The van der Waals surface area contributed by atoms with Crippen molar-refractivity contribution in [2.24, 2.45) is 5.10 Å². The minimum atomic E-state index is -0.701. The zero-order chi connectivity index (χ0) is 19.9. The number of anilines is 1. The predicted molar refractivity (Wildman–Crippen MR) is 105 cm³/mol. The second-order valence-electron chi connectivity index (χ2n) is 5.73. The number of benzene rings is 2. The summed E-state index contributed by atoms with van der Waals surface area (Å²) in [5.41, 5.74) is 3.84. The molecule has 0 aliphatic rings. The fourth-order valence-electron chi connectivity index (χ4n) is 2.52. The van der Waals surface area contributed by atoms with E-state index in [1.165, 1.54) is 13.4 Å². The Morgan fingerprint density at radius 3 is 2.50 bits per heavy atom. The highest BCUT2D eigenvalue weighted by Gasteiger charge is 2.18. The van der Waals surface area contributed by atoms with Gasteiger partial charge in [-0.3, -0.25) is 10.2 Å². The third-order valence-corrected chi connectivity index (χ3v) is 4.00. The molecule has 0 bridgehead atoms. The van der Waals surface area contributed by atoms with E-state index in [9.17, 15) is 9.59 Å². The lowest BCUT2D eigenvalue weighted by atomic mass is 10.1. The molecule has 0 atom stereocenters. The summed E-state index contributed by atoms with van der Waals surface area (Å²) in [5.74, 6) is 0.0773. The van der Waals surface area contributed by atoms with Crippen molar-refractivity contribution in [3.8, 4) is 5.75 Å². The third-order valence-electron chi connectivity index (χ3n) is 4.00.